The number of aliphatic hydroxyl groups is 2. The van der Waals surface area contributed by atoms with Crippen LogP contribution in [-0.4, -0.2) is 106 Å². The van der Waals surface area contributed by atoms with Crippen molar-refractivity contribution >= 4 is 34.9 Å². The molecule has 9 heteroatoms. The molecule has 0 unspecified atom stereocenters. The first-order valence-corrected chi connectivity index (χ1v) is 11.8. The van der Waals surface area contributed by atoms with E-state index in [9.17, 15) is 9.59 Å². The molecule has 3 N–H and O–H groups in total. The van der Waals surface area contributed by atoms with Crippen molar-refractivity contribution in [1.29, 1.82) is 0 Å². The molecule has 0 aliphatic carbocycles. The van der Waals surface area contributed by atoms with E-state index in [1.165, 1.54) is 0 Å². The fourth-order valence-electron chi connectivity index (χ4n) is 4.21. The summed E-state index contributed by atoms with van der Waals surface area (Å²) in [6, 6.07) is 15.4. The minimum absolute atomic E-state index is 0.0480. The Bertz CT molecular complexity index is 1160. The zero-order valence-corrected chi connectivity index (χ0v) is 19.6. The van der Waals surface area contributed by atoms with E-state index in [-0.39, 0.29) is 31.6 Å². The number of hydrogen-bond acceptors (Lipinski definition) is 6. The number of H-pyrrole nitrogens is 1. The summed E-state index contributed by atoms with van der Waals surface area (Å²) in [6.45, 7) is 2.58. The van der Waals surface area contributed by atoms with E-state index in [1.807, 2.05) is 60.7 Å². The minimum Gasteiger partial charge on any atom is -0.395 e. The van der Waals surface area contributed by atoms with Crippen LogP contribution in [0.5, 0.6) is 0 Å². The van der Waals surface area contributed by atoms with Crippen molar-refractivity contribution in [2.75, 3.05) is 59.0 Å². The van der Waals surface area contributed by atoms with Gasteiger partial charge in [0.25, 0.3) is 5.91 Å². The first-order valence-electron chi connectivity index (χ1n) is 11.8. The number of fused-ring (bicyclic) bond motifs is 1. The van der Waals surface area contributed by atoms with Gasteiger partial charge in [-0.1, -0.05) is 36.4 Å². The molecule has 0 bridgehead atoms. The number of rotatable bonds is 9. The highest BCUT2D eigenvalue weighted by Crippen LogP contribution is 2.18. The summed E-state index contributed by atoms with van der Waals surface area (Å²) < 4.78 is 0. The van der Waals surface area contributed by atoms with E-state index >= 15 is 0 Å². The number of para-hydroxylation sites is 1. The van der Waals surface area contributed by atoms with Gasteiger partial charge in [0.05, 0.1) is 31.0 Å². The number of carbonyl (C=O) groups is 2. The Morgan fingerprint density at radius 1 is 0.914 bits per heavy atom. The molecule has 9 nitrogen and oxygen atoms in total. The molecule has 1 fully saturated rings. The fourth-order valence-corrected chi connectivity index (χ4v) is 4.21. The average molecular weight is 478 g/mol. The average Bonchev–Trinajstić information content (AvgIpc) is 3.31. The maximum absolute atomic E-state index is 13.0. The molecule has 2 aromatic carbocycles. The Morgan fingerprint density at radius 3 is 2.26 bits per heavy atom. The highest BCUT2D eigenvalue weighted by atomic mass is 16.3. The van der Waals surface area contributed by atoms with Crippen LogP contribution in [0, 0.1) is 0 Å². The van der Waals surface area contributed by atoms with Crippen molar-refractivity contribution in [3.8, 4) is 0 Å². The van der Waals surface area contributed by atoms with Gasteiger partial charge in [0.15, 0.2) is 0 Å². The Labute approximate surface area is 204 Å². The highest BCUT2D eigenvalue weighted by molar-refractivity contribution is 5.95. The van der Waals surface area contributed by atoms with Crippen LogP contribution in [0.15, 0.2) is 48.5 Å². The SMILES string of the molecule is O=C(CN(CCO)CCO)N1CCN(C(=O)c2ccc(/C=C/c3n[nH]c4ccccc34)cc2)CC1. The van der Waals surface area contributed by atoms with Crippen molar-refractivity contribution in [3.63, 3.8) is 0 Å². The Morgan fingerprint density at radius 2 is 1.57 bits per heavy atom. The zero-order valence-electron chi connectivity index (χ0n) is 19.6. The maximum atomic E-state index is 13.0. The maximum Gasteiger partial charge on any atom is 0.253 e. The second-order valence-corrected chi connectivity index (χ2v) is 8.51. The standard InChI is InChI=1S/C26H31N5O4/c32-17-15-29(16-18-33)19-25(34)30-11-13-31(14-12-30)26(35)21-8-5-20(6-9-21)7-10-24-22-3-1-2-4-23(22)27-28-24/h1-10,32-33H,11-19H2,(H,27,28)/b10-7+. The molecule has 35 heavy (non-hydrogen) atoms. The molecule has 2 heterocycles. The third-order valence-electron chi connectivity index (χ3n) is 6.20. The van der Waals surface area contributed by atoms with E-state index in [1.54, 1.807) is 14.7 Å². The number of benzene rings is 2. The molecule has 4 rings (SSSR count). The van der Waals surface area contributed by atoms with Gasteiger partial charge in [0.1, 0.15) is 0 Å². The molecule has 0 spiro atoms. The van der Waals surface area contributed by atoms with Crippen LogP contribution in [0.3, 0.4) is 0 Å². The predicted octanol–water partition coefficient (Wildman–Crippen LogP) is 1.30. The number of aromatic nitrogens is 2. The van der Waals surface area contributed by atoms with Crippen LogP contribution in [0.1, 0.15) is 21.6 Å². The van der Waals surface area contributed by atoms with Crippen LogP contribution in [0.2, 0.25) is 0 Å². The second kappa shape index (κ2) is 11.7. The van der Waals surface area contributed by atoms with E-state index in [4.69, 9.17) is 10.2 Å². The number of nitrogens with one attached hydrogen (secondary N) is 1. The summed E-state index contributed by atoms with van der Waals surface area (Å²) in [5.74, 6) is -0.104. The number of aromatic amines is 1. The van der Waals surface area contributed by atoms with Crippen LogP contribution in [-0.2, 0) is 4.79 Å². The third kappa shape index (κ3) is 6.13. The molecule has 184 valence electrons. The number of piperazine rings is 1. The summed E-state index contributed by atoms with van der Waals surface area (Å²) in [5.41, 5.74) is 3.44. The highest BCUT2D eigenvalue weighted by Gasteiger charge is 2.25. The normalized spacial score (nSPS) is 14.4. The number of amides is 2. The summed E-state index contributed by atoms with van der Waals surface area (Å²) in [7, 11) is 0. The van der Waals surface area contributed by atoms with Crippen LogP contribution in [0.4, 0.5) is 0 Å². The third-order valence-corrected chi connectivity index (χ3v) is 6.20. The molecule has 2 amide bonds. The Hall–Kier alpha value is -3.53. The van der Waals surface area contributed by atoms with Crippen LogP contribution < -0.4 is 0 Å². The van der Waals surface area contributed by atoms with Crippen molar-refractivity contribution in [3.05, 3.63) is 65.4 Å². The zero-order chi connectivity index (χ0) is 24.6. The summed E-state index contributed by atoms with van der Waals surface area (Å²) in [4.78, 5) is 30.7. The molecular weight excluding hydrogens is 446 g/mol. The van der Waals surface area contributed by atoms with Gasteiger partial charge in [-0.15, -0.1) is 0 Å². The number of aliphatic hydroxyl groups excluding tert-OH is 2. The van der Waals surface area contributed by atoms with Gasteiger partial charge in [-0.25, -0.2) is 0 Å². The van der Waals surface area contributed by atoms with Gasteiger partial charge in [-0.05, 0) is 29.8 Å². The van der Waals surface area contributed by atoms with Gasteiger partial charge in [-0.2, -0.15) is 5.10 Å². The summed E-state index contributed by atoms with van der Waals surface area (Å²) in [5, 5.41) is 26.7. The van der Waals surface area contributed by atoms with Gasteiger partial charge in [0, 0.05) is 50.2 Å². The Kier molecular flexibility index (Phi) is 8.25. The first-order chi connectivity index (χ1) is 17.1. The topological polar surface area (TPSA) is 113 Å². The van der Waals surface area contributed by atoms with Gasteiger partial charge >= 0.3 is 0 Å². The molecule has 0 radical (unpaired) electrons. The van der Waals surface area contributed by atoms with E-state index in [0.717, 1.165) is 22.2 Å². The molecule has 1 saturated heterocycles. The number of nitrogens with zero attached hydrogens (tertiary/aromatic N) is 4. The fraction of sp³-hybridized carbons (Fsp3) is 0.346. The lowest BCUT2D eigenvalue weighted by Crippen LogP contribution is -2.53. The molecule has 1 aromatic heterocycles. The van der Waals surface area contributed by atoms with Gasteiger partial charge in [-0.3, -0.25) is 19.6 Å². The first kappa shape index (κ1) is 24.6. The van der Waals surface area contributed by atoms with Crippen molar-refractivity contribution in [2.45, 2.75) is 0 Å². The van der Waals surface area contributed by atoms with Crippen molar-refractivity contribution in [2.24, 2.45) is 0 Å². The molecule has 1 aliphatic rings. The smallest absolute Gasteiger partial charge is 0.253 e. The molecule has 3 aromatic rings. The Balaban J connectivity index is 1.30. The monoisotopic (exact) mass is 477 g/mol. The second-order valence-electron chi connectivity index (χ2n) is 8.51. The predicted molar refractivity (Wildman–Crippen MR) is 135 cm³/mol. The van der Waals surface area contributed by atoms with E-state index in [2.05, 4.69) is 10.2 Å². The molecule has 0 saturated carbocycles. The lowest BCUT2D eigenvalue weighted by molar-refractivity contribution is -0.134. The molecule has 1 aliphatic heterocycles. The van der Waals surface area contributed by atoms with Crippen molar-refractivity contribution < 1.29 is 19.8 Å². The summed E-state index contributed by atoms with van der Waals surface area (Å²) in [6.07, 6.45) is 3.92. The van der Waals surface area contributed by atoms with Gasteiger partial charge in [0.2, 0.25) is 5.91 Å². The van der Waals surface area contributed by atoms with E-state index < -0.39 is 0 Å². The number of carbonyl (C=O) groups excluding carboxylic acids is 2. The molecular formula is C26H31N5O4. The quantitative estimate of drug-likeness (QED) is 0.428. The van der Waals surface area contributed by atoms with E-state index in [0.29, 0.717) is 44.8 Å². The summed E-state index contributed by atoms with van der Waals surface area (Å²) >= 11 is 0. The molecule has 0 atom stereocenters. The minimum atomic E-state index is -0.0654. The van der Waals surface area contributed by atoms with Crippen LogP contribution in [0.25, 0.3) is 23.1 Å². The number of hydrogen-bond donors (Lipinski definition) is 3. The largest absolute Gasteiger partial charge is 0.395 e. The van der Waals surface area contributed by atoms with Crippen molar-refractivity contribution in [1.82, 2.24) is 24.9 Å². The lowest BCUT2D eigenvalue weighted by atomic mass is 10.1. The van der Waals surface area contributed by atoms with Crippen LogP contribution >= 0.6 is 0 Å². The van der Waals surface area contributed by atoms with Gasteiger partial charge < -0.3 is 20.0 Å². The lowest BCUT2D eigenvalue weighted by Gasteiger charge is -2.35.